The molecule has 12 N–H and O–H groups in total. The van der Waals surface area contributed by atoms with Gasteiger partial charge in [-0.3, -0.25) is 43.2 Å². The molecule has 0 bridgehead atoms. The molecule has 31 heteroatoms. The normalized spacial score (nSPS) is 13.9. The third-order valence-corrected chi connectivity index (χ3v) is 24.1. The summed E-state index contributed by atoms with van der Waals surface area (Å²) in [7, 11) is 1.54. The number of aromatic nitrogens is 1. The number of imide groups is 1. The minimum Gasteiger partial charge on any atom is -0.497 e. The third kappa shape index (κ3) is 33.3. The molecule has 0 radical (unpaired) electrons. The minimum absolute atomic E-state index is 0.0529. The van der Waals surface area contributed by atoms with E-state index in [0.717, 1.165) is 11.1 Å². The third-order valence-electron chi connectivity index (χ3n) is 22.6. The van der Waals surface area contributed by atoms with Crippen molar-refractivity contribution in [3.63, 3.8) is 0 Å². The monoisotopic (exact) mass is 1910 g/mol. The fourth-order valence-corrected chi connectivity index (χ4v) is 16.3. The molecule has 29 nitrogen and oxygen atoms in total. The maximum absolute atomic E-state index is 16.2. The number of hydrogen-bond acceptors (Lipinski definition) is 21. The largest absolute Gasteiger partial charge is 0.497 e. The Labute approximate surface area is 813 Å². The summed E-state index contributed by atoms with van der Waals surface area (Å²) < 4.78 is 42.3. The van der Waals surface area contributed by atoms with Crippen LogP contribution in [0.2, 0.25) is 5.02 Å². The predicted octanol–water partition coefficient (Wildman–Crippen LogP) is 12.3. The number of hydrogen-bond donors (Lipinski definition) is 10. The van der Waals surface area contributed by atoms with Crippen LogP contribution in [0, 0.1) is 0 Å². The zero-order valence-corrected chi connectivity index (χ0v) is 79.6. The second-order valence-corrected chi connectivity index (χ2v) is 35.9. The summed E-state index contributed by atoms with van der Waals surface area (Å²) in [6, 6.07) is 67.6. The zero-order valence-electron chi connectivity index (χ0n) is 78.0. The Morgan fingerprint density at radius 1 is 0.406 bits per heavy atom. The number of amides is 9. The molecule has 138 heavy (non-hydrogen) atoms. The van der Waals surface area contributed by atoms with E-state index in [1.54, 1.807) is 251 Å². The lowest BCUT2D eigenvalue weighted by Crippen LogP contribution is -2.64. The molecule has 0 aliphatic heterocycles. The van der Waals surface area contributed by atoms with Gasteiger partial charge >= 0.3 is 18.0 Å². The van der Waals surface area contributed by atoms with Crippen molar-refractivity contribution >= 4 is 99.6 Å². The molecular formula is C107H120ClN11O18S. The number of methoxy groups -OCH3 is 1. The Balaban J connectivity index is 0.940. The molecule has 1 heterocycles. The van der Waals surface area contributed by atoms with Crippen molar-refractivity contribution in [2.75, 3.05) is 19.5 Å². The first-order valence-corrected chi connectivity index (χ1v) is 47.3. The Morgan fingerprint density at radius 2 is 0.826 bits per heavy atom. The number of nitrogens with one attached hydrogen (secondary N) is 8. The average Bonchev–Trinajstić information content (AvgIpc) is 1.67. The predicted molar refractivity (Wildman–Crippen MR) is 527 cm³/mol. The molecule has 1 unspecified atom stereocenters. The van der Waals surface area contributed by atoms with Gasteiger partial charge < -0.3 is 86.8 Å². The highest BCUT2D eigenvalue weighted by molar-refractivity contribution is 7.98. The number of carbonyl (C=O) groups is 11. The number of fused-ring (bicyclic) bond motifs is 1. The summed E-state index contributed by atoms with van der Waals surface area (Å²) in [6.07, 6.45) is -3.11. The number of carbonyl (C=O) groups excluding carboxylic acids is 11. The highest BCUT2D eigenvalue weighted by Crippen LogP contribution is 2.27. The molecule has 12 atom stereocenters. The molecule has 0 aliphatic carbocycles. The molecule has 9 amide bonds. The number of para-hydroxylation sites is 1. The highest BCUT2D eigenvalue weighted by Gasteiger charge is 2.45. The van der Waals surface area contributed by atoms with Crippen molar-refractivity contribution < 1.29 is 85.9 Å². The number of halogens is 1. The van der Waals surface area contributed by atoms with Gasteiger partial charge in [0, 0.05) is 58.5 Å². The zero-order chi connectivity index (χ0) is 98.3. The molecule has 0 saturated heterocycles. The molecule has 11 aromatic rings. The van der Waals surface area contributed by atoms with Crippen LogP contribution in [0.15, 0.2) is 291 Å². The van der Waals surface area contributed by atoms with Gasteiger partial charge in [0.1, 0.15) is 78.9 Å². The van der Waals surface area contributed by atoms with Crippen LogP contribution in [-0.4, -0.2) is 173 Å². The molecule has 10 aromatic carbocycles. The Bertz CT molecular complexity index is 5760. The average molecular weight is 1920 g/mol. The molecule has 1 aromatic heterocycles. The number of nitrogens with two attached hydrogens (primary N) is 2. The molecular weight excluding hydrogens is 1790 g/mol. The van der Waals surface area contributed by atoms with Crippen molar-refractivity contribution in [2.24, 2.45) is 11.5 Å². The van der Waals surface area contributed by atoms with Crippen molar-refractivity contribution in [3.05, 3.63) is 352 Å². The molecule has 724 valence electrons. The highest BCUT2D eigenvalue weighted by atomic mass is 35.5. The first-order chi connectivity index (χ1) is 66.6. The van der Waals surface area contributed by atoms with E-state index in [0.29, 0.717) is 71.1 Å². The number of benzene rings is 10. The number of rotatable bonds is 51. The fourth-order valence-electron chi connectivity index (χ4n) is 15.0. The van der Waals surface area contributed by atoms with E-state index in [-0.39, 0.29) is 89.5 Å². The van der Waals surface area contributed by atoms with Gasteiger partial charge in [-0.05, 0) is 135 Å². The van der Waals surface area contributed by atoms with E-state index in [9.17, 15) is 9.59 Å². The Morgan fingerprint density at radius 3 is 1.34 bits per heavy atom. The van der Waals surface area contributed by atoms with Crippen LogP contribution >= 0.6 is 23.4 Å². The van der Waals surface area contributed by atoms with Gasteiger partial charge in [-0.1, -0.05) is 272 Å². The van der Waals surface area contributed by atoms with E-state index in [2.05, 4.69) is 42.2 Å². The minimum atomic E-state index is -1.88. The smallest absolute Gasteiger partial charge is 0.417 e. The van der Waals surface area contributed by atoms with Crippen LogP contribution in [0.5, 0.6) is 5.75 Å². The van der Waals surface area contributed by atoms with Gasteiger partial charge in [-0.2, -0.15) is 11.8 Å². The van der Waals surface area contributed by atoms with Crippen molar-refractivity contribution in [2.45, 2.75) is 197 Å². The summed E-state index contributed by atoms with van der Waals surface area (Å²) in [6.45, 7) is 6.23. The van der Waals surface area contributed by atoms with Crippen molar-refractivity contribution in [3.8, 4) is 5.75 Å². The van der Waals surface area contributed by atoms with Crippen LogP contribution in [0.1, 0.15) is 110 Å². The number of aromatic amines is 1. The number of ether oxygens (including phenoxy) is 7. The second-order valence-electron chi connectivity index (χ2n) is 34.4. The quantitative estimate of drug-likeness (QED) is 0.0125. The number of nitrogens with zero attached hydrogens (tertiary/aromatic N) is 1. The van der Waals surface area contributed by atoms with E-state index >= 15 is 43.2 Å². The Kier molecular flexibility index (Phi) is 40.6. The molecule has 0 saturated carbocycles. The van der Waals surface area contributed by atoms with Crippen molar-refractivity contribution in [1.29, 1.82) is 0 Å². The fraction of sp³-hybridized carbons (Fsp3) is 0.318. The van der Waals surface area contributed by atoms with Gasteiger partial charge in [0.15, 0.2) is 0 Å². The van der Waals surface area contributed by atoms with E-state index in [4.69, 9.17) is 56.2 Å². The first kappa shape index (κ1) is 105. The SMILES string of the molecule is COc1ccc(CSC[C@@H](C(=O)OCc2ccccc2)N(C(=O)OC(C)(C)C)C(=O)[C@H](COCc2ccccc2)NC(=O)[C@@H](NC(=O)[C@H](Cc2ccccc2)NC(=O)[C@@H](NC(=O)[C@H](CCCC(N)C(=O)OCc2ccccc2Cl)NC(=O)[C@H](Cc2c[nH]c3ccccc23)NC(=O)[C@H](Cc2ccccc2)NC(=O)[C@@H](N)Cc2ccccc2)[C@@H](C)OCc2ccccc2)[C@@H](C)OCc2ccccc2)cc1. The van der Waals surface area contributed by atoms with E-state index < -0.39 is 150 Å². The van der Waals surface area contributed by atoms with Crippen LogP contribution in [0.25, 0.3) is 10.9 Å². The molecule has 0 spiro atoms. The maximum Gasteiger partial charge on any atom is 0.417 e. The maximum atomic E-state index is 16.2. The Hall–Kier alpha value is -13.9. The van der Waals surface area contributed by atoms with Crippen LogP contribution in [-0.2, 0) is 141 Å². The lowest BCUT2D eigenvalue weighted by Gasteiger charge is -2.34. The van der Waals surface area contributed by atoms with Crippen molar-refractivity contribution in [1.82, 2.24) is 47.1 Å². The summed E-state index contributed by atoms with van der Waals surface area (Å²) in [5.41, 5.74) is 18.9. The summed E-state index contributed by atoms with van der Waals surface area (Å²) in [4.78, 5) is 174. The molecule has 0 fully saturated rings. The van der Waals surface area contributed by atoms with Gasteiger partial charge in [0.05, 0.1) is 51.8 Å². The number of H-pyrrole nitrogens is 1. The number of esters is 2. The standard InChI is InChI=1S/C107H120ClN11O18S/c1-70(133-63-76-41-22-11-23-42-76)94(117-97(121)88(52-32-50-85(109)104(128)136-66-80-47-28-30-49-84(80)108)112-99(123)91(60-81-61-111-87-51-31-29-48-83(81)87)114-98(122)89(58-73-35-16-8-17-36-73)113-96(120)86(110)57-72-33-14-7-15-34-72)101(125)115-90(59-74-37-18-9-19-38-74)100(124)118-95(71(2)134-64-77-43-24-12-25-44-77)102(126)116-92(67-132-62-75-39-20-10-21-40-75)103(127)119(106(130)137-107(3,4)5)93(105(129)135-65-78-45-26-13-27-46-78)69-138-68-79-53-55-82(131-6)56-54-79/h7-31,33-49,51,53-56,61,70-71,85-86,88-95,111H,32,50,52,57-60,62-69,109-110H2,1-6H3,(H,112,123)(H,113,120)(H,114,122)(H,115,125)(H,116,126)(H,117,121)(H,118,124)/t70-,71-,85?,86+,88+,89+,90+,91+,92+,93+,94+,95+/m1/s1. The van der Waals surface area contributed by atoms with Gasteiger partial charge in [-0.15, -0.1) is 0 Å². The number of thioether (sulfide) groups is 1. The summed E-state index contributed by atoms with van der Waals surface area (Å²) in [5, 5.41) is 21.1. The lowest BCUT2D eigenvalue weighted by molar-refractivity contribution is -0.156. The van der Waals surface area contributed by atoms with Gasteiger partial charge in [0.25, 0.3) is 5.91 Å². The van der Waals surface area contributed by atoms with Gasteiger partial charge in [0.2, 0.25) is 41.4 Å². The topological polar surface area (TPSA) is 408 Å². The molecule has 0 aliphatic rings. The van der Waals surface area contributed by atoms with E-state index in [1.807, 2.05) is 60.7 Å². The first-order valence-electron chi connectivity index (χ1n) is 45.7. The van der Waals surface area contributed by atoms with E-state index in [1.165, 1.54) is 32.7 Å². The van der Waals surface area contributed by atoms with Crippen LogP contribution in [0.3, 0.4) is 0 Å². The molecule has 11 rings (SSSR count). The lowest BCUT2D eigenvalue weighted by atomic mass is 10.00. The summed E-state index contributed by atoms with van der Waals surface area (Å²) >= 11 is 7.64. The van der Waals surface area contributed by atoms with Crippen LogP contribution in [0.4, 0.5) is 4.79 Å². The summed E-state index contributed by atoms with van der Waals surface area (Å²) in [5.74, 6) is -8.82. The van der Waals surface area contributed by atoms with Crippen LogP contribution < -0.4 is 53.4 Å². The second kappa shape index (κ2) is 53.6. The van der Waals surface area contributed by atoms with Gasteiger partial charge in [-0.25, -0.2) is 14.5 Å².